The molecule has 8 nitrogen and oxygen atoms in total. The lowest BCUT2D eigenvalue weighted by molar-refractivity contribution is -0.128. The monoisotopic (exact) mass is 535 g/mol. The Kier molecular flexibility index (Phi) is 7.53. The highest BCUT2D eigenvalue weighted by molar-refractivity contribution is 6.13. The molecule has 4 aromatic rings. The van der Waals surface area contributed by atoms with Crippen LogP contribution in [0, 0.1) is 6.92 Å². The topological polar surface area (TPSA) is 108 Å². The number of nitrogens with two attached hydrogens (primary N) is 1. The Balaban J connectivity index is 1.64. The van der Waals surface area contributed by atoms with Crippen molar-refractivity contribution >= 4 is 45.6 Å². The number of anilines is 3. The first-order valence-electron chi connectivity index (χ1n) is 13.3. The summed E-state index contributed by atoms with van der Waals surface area (Å²) in [5.74, 6) is -0.930. The van der Waals surface area contributed by atoms with E-state index in [-0.39, 0.29) is 30.8 Å². The standard InChI is InChI=1S/C32H33N5O3/c1-20-15-16-22-9-4-5-12-25(22)26(20)18-36-28-13-6-7-14-29(28)37(31(39)23-10-8-11-24(33)17-23)19-27(32(36)40)35-30(38)21(2)34-3/h4-17,21,27,34H,18-19,33H2,1-3H3,(H,35,38). The molecular weight excluding hydrogens is 502 g/mol. The second-order valence-electron chi connectivity index (χ2n) is 10.1. The lowest BCUT2D eigenvalue weighted by Gasteiger charge is -2.27. The lowest BCUT2D eigenvalue weighted by atomic mass is 9.99. The number of aryl methyl sites for hydroxylation is 1. The number of nitrogens with one attached hydrogen (secondary N) is 2. The maximum Gasteiger partial charge on any atom is 0.258 e. The summed E-state index contributed by atoms with van der Waals surface area (Å²) < 4.78 is 0. The molecule has 4 N–H and O–H groups in total. The number of hydrogen-bond acceptors (Lipinski definition) is 5. The molecule has 1 heterocycles. The van der Waals surface area contributed by atoms with Gasteiger partial charge in [-0.3, -0.25) is 14.4 Å². The molecule has 204 valence electrons. The van der Waals surface area contributed by atoms with Crippen molar-refractivity contribution in [3.05, 3.63) is 102 Å². The van der Waals surface area contributed by atoms with Gasteiger partial charge in [0.25, 0.3) is 11.8 Å². The van der Waals surface area contributed by atoms with Crippen LogP contribution in [0.25, 0.3) is 10.8 Å². The molecule has 0 aromatic heterocycles. The lowest BCUT2D eigenvalue weighted by Crippen LogP contribution is -2.55. The first-order chi connectivity index (χ1) is 19.3. The number of nitrogen functional groups attached to an aromatic ring is 1. The van der Waals surface area contributed by atoms with Crippen LogP contribution in [0.2, 0.25) is 0 Å². The number of carbonyl (C=O) groups is 3. The van der Waals surface area contributed by atoms with E-state index in [4.69, 9.17) is 5.73 Å². The molecule has 0 saturated carbocycles. The molecular formula is C32H33N5O3. The summed E-state index contributed by atoms with van der Waals surface area (Å²) in [5.41, 5.74) is 10.1. The fourth-order valence-electron chi connectivity index (χ4n) is 5.12. The van der Waals surface area contributed by atoms with Crippen LogP contribution in [0.3, 0.4) is 0 Å². The molecule has 3 amide bonds. The van der Waals surface area contributed by atoms with Gasteiger partial charge < -0.3 is 26.2 Å². The summed E-state index contributed by atoms with van der Waals surface area (Å²) in [5, 5.41) is 7.94. The Morgan fingerprint density at radius 1 is 0.975 bits per heavy atom. The average Bonchev–Trinajstić information content (AvgIpc) is 3.08. The number of benzene rings is 4. The number of para-hydroxylation sites is 2. The SMILES string of the molecule is CNC(C)C(=O)NC1CN(C(=O)c2cccc(N)c2)c2ccccc2N(Cc2c(C)ccc3ccccc23)C1=O. The van der Waals surface area contributed by atoms with Gasteiger partial charge in [-0.15, -0.1) is 0 Å². The van der Waals surface area contributed by atoms with E-state index in [0.29, 0.717) is 22.6 Å². The highest BCUT2D eigenvalue weighted by atomic mass is 16.2. The normalized spacial score (nSPS) is 15.9. The maximum absolute atomic E-state index is 14.3. The first-order valence-corrected chi connectivity index (χ1v) is 13.3. The van der Waals surface area contributed by atoms with Crippen molar-refractivity contribution in [3.63, 3.8) is 0 Å². The molecule has 0 aliphatic carbocycles. The van der Waals surface area contributed by atoms with E-state index in [1.54, 1.807) is 48.0 Å². The molecule has 0 fully saturated rings. The van der Waals surface area contributed by atoms with Crippen molar-refractivity contribution in [2.75, 3.05) is 29.1 Å². The van der Waals surface area contributed by atoms with Crippen molar-refractivity contribution in [2.45, 2.75) is 32.5 Å². The summed E-state index contributed by atoms with van der Waals surface area (Å²) in [6.45, 7) is 3.99. The third kappa shape index (κ3) is 5.13. The number of rotatable bonds is 6. The summed E-state index contributed by atoms with van der Waals surface area (Å²) >= 11 is 0. The summed E-state index contributed by atoms with van der Waals surface area (Å²) in [4.78, 5) is 44.4. The average molecular weight is 536 g/mol. The van der Waals surface area contributed by atoms with Crippen LogP contribution in [0.15, 0.2) is 84.9 Å². The second kappa shape index (κ2) is 11.2. The van der Waals surface area contributed by atoms with Crippen LogP contribution in [0.1, 0.15) is 28.4 Å². The molecule has 2 unspecified atom stereocenters. The molecule has 0 saturated heterocycles. The fraction of sp³-hybridized carbons (Fsp3) is 0.219. The minimum Gasteiger partial charge on any atom is -0.399 e. The second-order valence-corrected chi connectivity index (χ2v) is 10.1. The van der Waals surface area contributed by atoms with Crippen molar-refractivity contribution in [1.82, 2.24) is 10.6 Å². The number of nitrogens with zero attached hydrogens (tertiary/aromatic N) is 2. The molecule has 0 bridgehead atoms. The zero-order valence-electron chi connectivity index (χ0n) is 22.8. The minimum atomic E-state index is -0.976. The highest BCUT2D eigenvalue weighted by Gasteiger charge is 2.38. The van der Waals surface area contributed by atoms with E-state index in [9.17, 15) is 14.4 Å². The van der Waals surface area contributed by atoms with Crippen LogP contribution < -0.4 is 26.2 Å². The third-order valence-electron chi connectivity index (χ3n) is 7.51. The highest BCUT2D eigenvalue weighted by Crippen LogP contribution is 2.36. The summed E-state index contributed by atoms with van der Waals surface area (Å²) in [6, 6.07) is 24.8. The smallest absolute Gasteiger partial charge is 0.258 e. The number of hydrogen-bond donors (Lipinski definition) is 3. The molecule has 0 spiro atoms. The predicted octanol–water partition coefficient (Wildman–Crippen LogP) is 4.02. The molecule has 4 aromatic carbocycles. The third-order valence-corrected chi connectivity index (χ3v) is 7.51. The van der Waals surface area contributed by atoms with Crippen LogP contribution in [0.5, 0.6) is 0 Å². The van der Waals surface area contributed by atoms with Crippen LogP contribution in [0.4, 0.5) is 17.1 Å². The number of carbonyl (C=O) groups excluding carboxylic acids is 3. The summed E-state index contributed by atoms with van der Waals surface area (Å²) in [7, 11) is 1.68. The van der Waals surface area contributed by atoms with E-state index >= 15 is 0 Å². The van der Waals surface area contributed by atoms with E-state index in [0.717, 1.165) is 21.9 Å². The van der Waals surface area contributed by atoms with Crippen molar-refractivity contribution < 1.29 is 14.4 Å². The quantitative estimate of drug-likeness (QED) is 0.323. The number of likely N-dealkylation sites (N-methyl/N-ethyl adjacent to an activating group) is 1. The van der Waals surface area contributed by atoms with Gasteiger partial charge in [0.2, 0.25) is 5.91 Å². The van der Waals surface area contributed by atoms with Crippen molar-refractivity contribution in [1.29, 1.82) is 0 Å². The Labute approximate surface area is 233 Å². The first kappa shape index (κ1) is 26.9. The molecule has 0 radical (unpaired) electrons. The fourth-order valence-corrected chi connectivity index (χ4v) is 5.12. The van der Waals surface area contributed by atoms with E-state index in [1.165, 1.54) is 0 Å². The van der Waals surface area contributed by atoms with Gasteiger partial charge in [0.05, 0.1) is 30.5 Å². The van der Waals surface area contributed by atoms with Crippen LogP contribution in [-0.4, -0.2) is 43.4 Å². The van der Waals surface area contributed by atoms with Gasteiger partial charge in [0.1, 0.15) is 6.04 Å². The molecule has 1 aliphatic heterocycles. The maximum atomic E-state index is 14.3. The Morgan fingerprint density at radius 3 is 2.45 bits per heavy atom. The van der Waals surface area contributed by atoms with Crippen LogP contribution in [-0.2, 0) is 16.1 Å². The molecule has 5 rings (SSSR count). The predicted molar refractivity (Wildman–Crippen MR) is 159 cm³/mol. The van der Waals surface area contributed by atoms with Gasteiger partial charge in [-0.1, -0.05) is 54.6 Å². The van der Waals surface area contributed by atoms with Gasteiger partial charge in [-0.2, -0.15) is 0 Å². The van der Waals surface area contributed by atoms with E-state index in [2.05, 4.69) is 28.8 Å². The van der Waals surface area contributed by atoms with Gasteiger partial charge in [-0.25, -0.2) is 0 Å². The zero-order chi connectivity index (χ0) is 28.4. The molecule has 8 heteroatoms. The Hall–Kier alpha value is -4.69. The molecule has 2 atom stereocenters. The minimum absolute atomic E-state index is 0.0311. The molecule has 1 aliphatic rings. The van der Waals surface area contributed by atoms with Gasteiger partial charge >= 0.3 is 0 Å². The van der Waals surface area contributed by atoms with E-state index in [1.807, 2.05) is 49.4 Å². The van der Waals surface area contributed by atoms with Crippen molar-refractivity contribution in [2.24, 2.45) is 0 Å². The Morgan fingerprint density at radius 2 is 1.70 bits per heavy atom. The Bertz CT molecular complexity index is 1600. The summed E-state index contributed by atoms with van der Waals surface area (Å²) in [6.07, 6.45) is 0. The van der Waals surface area contributed by atoms with Crippen molar-refractivity contribution in [3.8, 4) is 0 Å². The zero-order valence-corrected chi connectivity index (χ0v) is 22.8. The number of amides is 3. The van der Waals surface area contributed by atoms with Gasteiger partial charge in [0, 0.05) is 11.3 Å². The van der Waals surface area contributed by atoms with Gasteiger partial charge in [0.15, 0.2) is 0 Å². The largest absolute Gasteiger partial charge is 0.399 e. The molecule has 40 heavy (non-hydrogen) atoms. The van der Waals surface area contributed by atoms with Crippen LogP contribution >= 0.6 is 0 Å². The van der Waals surface area contributed by atoms with E-state index < -0.39 is 12.1 Å². The van der Waals surface area contributed by atoms with Gasteiger partial charge in [-0.05, 0) is 73.1 Å². The number of fused-ring (bicyclic) bond motifs is 2.